The molecular weight excluding hydrogens is 442 g/mol. The van der Waals surface area contributed by atoms with Crippen molar-refractivity contribution in [3.05, 3.63) is 41.7 Å². The minimum absolute atomic E-state index is 0.00462. The molecule has 5 rings (SSSR count). The summed E-state index contributed by atoms with van der Waals surface area (Å²) in [5.41, 5.74) is 2.97. The second kappa shape index (κ2) is 10.3. The van der Waals surface area contributed by atoms with Crippen molar-refractivity contribution in [1.82, 2.24) is 4.98 Å². The highest BCUT2D eigenvalue weighted by atomic mass is 16.5. The Kier molecular flexibility index (Phi) is 7.40. The first-order chi connectivity index (χ1) is 17.2. The maximum Gasteiger partial charge on any atom is 0.339 e. The molecule has 3 heteroatoms. The van der Waals surface area contributed by atoms with Gasteiger partial charge in [0.15, 0.2) is 0 Å². The van der Waals surface area contributed by atoms with Crippen LogP contribution in [-0.2, 0) is 4.74 Å². The molecule has 0 aliphatic heterocycles. The van der Waals surface area contributed by atoms with E-state index in [-0.39, 0.29) is 12.1 Å². The standard InChI is InChI=1S/C33H49NO2/c1-22(2)8-6-9-23(3)28-13-14-29-27-12-11-25-20-26(36-31(35)24-10-7-19-34-21-24)15-17-32(25,4)30(27)16-18-33(28,29)5/h7,10-11,19,21-23,26-30H,6,8-9,12-18,20H2,1-5H3/t23?,26?,27?,28?,29?,30?,32-,33+/m0/s1. The Balaban J connectivity index is 1.25. The van der Waals surface area contributed by atoms with Gasteiger partial charge in [0.2, 0.25) is 0 Å². The van der Waals surface area contributed by atoms with E-state index in [1.54, 1.807) is 30.1 Å². The molecular formula is C33H49NO2. The number of hydrogen-bond donors (Lipinski definition) is 0. The quantitative estimate of drug-likeness (QED) is 0.283. The minimum atomic E-state index is -0.223. The van der Waals surface area contributed by atoms with Gasteiger partial charge in [-0.25, -0.2) is 4.79 Å². The predicted molar refractivity (Wildman–Crippen MR) is 146 cm³/mol. The topological polar surface area (TPSA) is 39.2 Å². The number of nitrogens with zero attached hydrogens (tertiary/aromatic N) is 1. The van der Waals surface area contributed by atoms with E-state index >= 15 is 0 Å². The number of fused-ring (bicyclic) bond motifs is 5. The summed E-state index contributed by atoms with van der Waals surface area (Å²) in [6.45, 7) is 12.5. The summed E-state index contributed by atoms with van der Waals surface area (Å²) >= 11 is 0. The van der Waals surface area contributed by atoms with Crippen LogP contribution in [0.25, 0.3) is 0 Å². The van der Waals surface area contributed by atoms with Gasteiger partial charge >= 0.3 is 5.97 Å². The van der Waals surface area contributed by atoms with Gasteiger partial charge in [-0.2, -0.15) is 0 Å². The highest BCUT2D eigenvalue weighted by Crippen LogP contribution is 2.67. The number of allylic oxidation sites excluding steroid dienone is 1. The number of carbonyl (C=O) groups excluding carboxylic acids is 1. The van der Waals surface area contributed by atoms with E-state index in [9.17, 15) is 4.79 Å². The van der Waals surface area contributed by atoms with Gasteiger partial charge in [0.25, 0.3) is 0 Å². The summed E-state index contributed by atoms with van der Waals surface area (Å²) in [7, 11) is 0. The molecule has 3 fully saturated rings. The molecule has 8 atom stereocenters. The summed E-state index contributed by atoms with van der Waals surface area (Å²) in [5.74, 6) is 4.93. The van der Waals surface area contributed by atoms with Gasteiger partial charge in [0, 0.05) is 18.8 Å². The minimum Gasteiger partial charge on any atom is -0.458 e. The average Bonchev–Trinajstić information content (AvgIpc) is 3.22. The third kappa shape index (κ3) is 4.69. The monoisotopic (exact) mass is 491 g/mol. The van der Waals surface area contributed by atoms with Crippen molar-refractivity contribution in [1.29, 1.82) is 0 Å². The molecule has 36 heavy (non-hydrogen) atoms. The molecule has 6 unspecified atom stereocenters. The molecule has 3 saturated carbocycles. The van der Waals surface area contributed by atoms with Gasteiger partial charge in [-0.3, -0.25) is 4.98 Å². The number of rotatable bonds is 7. The fourth-order valence-corrected chi connectivity index (χ4v) is 9.46. The number of ether oxygens (including phenoxy) is 1. The van der Waals surface area contributed by atoms with Crippen LogP contribution in [0.15, 0.2) is 36.2 Å². The van der Waals surface area contributed by atoms with Crippen molar-refractivity contribution in [2.45, 2.75) is 111 Å². The summed E-state index contributed by atoms with van der Waals surface area (Å²) < 4.78 is 5.96. The Bertz CT molecular complexity index is 954. The zero-order valence-corrected chi connectivity index (χ0v) is 23.5. The fourth-order valence-electron chi connectivity index (χ4n) is 9.46. The first-order valence-corrected chi connectivity index (χ1v) is 15.0. The third-order valence-corrected chi connectivity index (χ3v) is 11.4. The Morgan fingerprint density at radius 1 is 1.08 bits per heavy atom. The maximum absolute atomic E-state index is 12.6. The summed E-state index contributed by atoms with van der Waals surface area (Å²) in [6.07, 6.45) is 20.1. The van der Waals surface area contributed by atoms with Gasteiger partial charge in [-0.15, -0.1) is 0 Å². The summed E-state index contributed by atoms with van der Waals surface area (Å²) in [5, 5.41) is 0. The molecule has 0 aromatic carbocycles. The van der Waals surface area contributed by atoms with Gasteiger partial charge in [-0.05, 0) is 103 Å². The third-order valence-electron chi connectivity index (χ3n) is 11.4. The van der Waals surface area contributed by atoms with Crippen molar-refractivity contribution in [3.63, 3.8) is 0 Å². The SMILES string of the molecule is CC(C)CCCC(C)C1CCC2C3CC=C4CC(OC(=O)c5cccnc5)CC[C@]4(C)C3CC[C@]12C. The van der Waals surface area contributed by atoms with Crippen LogP contribution in [0.3, 0.4) is 0 Å². The molecule has 0 spiro atoms. The van der Waals surface area contributed by atoms with E-state index in [0.29, 0.717) is 16.4 Å². The molecule has 0 radical (unpaired) electrons. The molecule has 1 aromatic heterocycles. The van der Waals surface area contributed by atoms with Crippen LogP contribution >= 0.6 is 0 Å². The first-order valence-electron chi connectivity index (χ1n) is 15.0. The maximum atomic E-state index is 12.6. The van der Waals surface area contributed by atoms with E-state index in [2.05, 4.69) is 45.7 Å². The van der Waals surface area contributed by atoms with E-state index in [1.165, 1.54) is 51.4 Å². The average molecular weight is 492 g/mol. The number of hydrogen-bond acceptors (Lipinski definition) is 3. The Morgan fingerprint density at radius 3 is 2.67 bits per heavy atom. The molecule has 1 heterocycles. The van der Waals surface area contributed by atoms with Crippen LogP contribution in [0.1, 0.15) is 116 Å². The first kappa shape index (κ1) is 26.0. The molecule has 198 valence electrons. The second-order valence-corrected chi connectivity index (χ2v) is 13.8. The van der Waals surface area contributed by atoms with Crippen LogP contribution < -0.4 is 0 Å². The fraction of sp³-hybridized carbons (Fsp3) is 0.758. The molecule has 0 N–H and O–H groups in total. The smallest absolute Gasteiger partial charge is 0.339 e. The predicted octanol–water partition coefficient (Wildman–Crippen LogP) is 8.65. The zero-order chi connectivity index (χ0) is 25.5. The Morgan fingerprint density at radius 2 is 1.92 bits per heavy atom. The van der Waals surface area contributed by atoms with Crippen molar-refractivity contribution >= 4 is 5.97 Å². The van der Waals surface area contributed by atoms with Crippen LogP contribution in [0.4, 0.5) is 0 Å². The van der Waals surface area contributed by atoms with Gasteiger partial charge in [-0.1, -0.05) is 65.5 Å². The van der Waals surface area contributed by atoms with Crippen LogP contribution in [-0.4, -0.2) is 17.1 Å². The number of esters is 1. The number of aromatic nitrogens is 1. The largest absolute Gasteiger partial charge is 0.458 e. The van der Waals surface area contributed by atoms with Crippen LogP contribution in [0, 0.1) is 46.3 Å². The Hall–Kier alpha value is -1.64. The lowest BCUT2D eigenvalue weighted by Gasteiger charge is -2.58. The van der Waals surface area contributed by atoms with Crippen LogP contribution in [0.5, 0.6) is 0 Å². The number of pyridine rings is 1. The van der Waals surface area contributed by atoms with Crippen molar-refractivity contribution in [2.75, 3.05) is 0 Å². The molecule has 0 bridgehead atoms. The van der Waals surface area contributed by atoms with Gasteiger partial charge < -0.3 is 4.74 Å². The highest BCUT2D eigenvalue weighted by molar-refractivity contribution is 5.89. The normalized spacial score (nSPS) is 38.5. The molecule has 0 amide bonds. The van der Waals surface area contributed by atoms with E-state index in [1.807, 2.05) is 0 Å². The van der Waals surface area contributed by atoms with Gasteiger partial charge in [0.1, 0.15) is 6.10 Å². The van der Waals surface area contributed by atoms with Crippen molar-refractivity contribution in [2.24, 2.45) is 46.3 Å². The van der Waals surface area contributed by atoms with Crippen LogP contribution in [0.2, 0.25) is 0 Å². The highest BCUT2D eigenvalue weighted by Gasteiger charge is 2.59. The van der Waals surface area contributed by atoms with Gasteiger partial charge in [0.05, 0.1) is 5.56 Å². The van der Waals surface area contributed by atoms with E-state index in [4.69, 9.17) is 4.74 Å². The lowest BCUT2D eigenvalue weighted by Crippen LogP contribution is -2.51. The second-order valence-electron chi connectivity index (χ2n) is 13.8. The molecule has 4 aliphatic carbocycles. The lowest BCUT2D eigenvalue weighted by molar-refractivity contribution is -0.0594. The van der Waals surface area contributed by atoms with E-state index in [0.717, 1.165) is 54.8 Å². The van der Waals surface area contributed by atoms with Crippen molar-refractivity contribution < 1.29 is 9.53 Å². The Labute approximate surface area is 219 Å². The van der Waals surface area contributed by atoms with E-state index < -0.39 is 0 Å². The molecule has 0 saturated heterocycles. The number of carbonyl (C=O) groups is 1. The lowest BCUT2D eigenvalue weighted by atomic mass is 9.47. The zero-order valence-electron chi connectivity index (χ0n) is 23.5. The molecule has 3 nitrogen and oxygen atoms in total. The summed E-state index contributed by atoms with van der Waals surface area (Å²) in [6, 6.07) is 3.60. The molecule has 1 aromatic rings. The van der Waals surface area contributed by atoms with Crippen molar-refractivity contribution in [3.8, 4) is 0 Å². The summed E-state index contributed by atoms with van der Waals surface area (Å²) in [4.78, 5) is 16.7. The molecule has 4 aliphatic rings.